The molecule has 0 aliphatic carbocycles. The van der Waals surface area contributed by atoms with Crippen LogP contribution in [0.15, 0.2) is 109 Å². The zero-order valence-corrected chi connectivity index (χ0v) is 29.4. The number of ether oxygens (including phenoxy) is 2. The fourth-order valence-electron chi connectivity index (χ4n) is 4.58. The summed E-state index contributed by atoms with van der Waals surface area (Å²) in [7, 11) is -4.15. The number of esters is 1. The SMILES string of the molecule is CC(C)=CCC/C(C)=C/CC/C(C)=C/CSc1ccccc1C(=O)OCCCCCCOc1no[n+]([O-])c1S(=O)(=O)c1ccccc1. The summed E-state index contributed by atoms with van der Waals surface area (Å²) in [6.45, 7) is 9.06. The molecule has 2 aromatic carbocycles. The van der Waals surface area contributed by atoms with E-state index in [0.29, 0.717) is 18.4 Å². The number of benzene rings is 2. The van der Waals surface area contributed by atoms with E-state index in [4.69, 9.17) is 9.47 Å². The summed E-state index contributed by atoms with van der Waals surface area (Å²) in [5, 5.41) is 14.8. The Balaban J connectivity index is 1.35. The van der Waals surface area contributed by atoms with E-state index in [-0.39, 0.29) is 34.9 Å². The zero-order chi connectivity index (χ0) is 34.1. The van der Waals surface area contributed by atoms with Gasteiger partial charge in [0, 0.05) is 10.6 Å². The van der Waals surface area contributed by atoms with Crippen LogP contribution in [0.4, 0.5) is 0 Å². The first-order valence-corrected chi connectivity index (χ1v) is 18.4. The first-order chi connectivity index (χ1) is 22.6. The molecule has 0 saturated heterocycles. The van der Waals surface area contributed by atoms with E-state index >= 15 is 0 Å². The van der Waals surface area contributed by atoms with Crippen molar-refractivity contribution >= 4 is 27.6 Å². The number of hydrogen-bond acceptors (Lipinski definition) is 9. The maximum atomic E-state index is 12.8. The van der Waals surface area contributed by atoms with Gasteiger partial charge in [0.2, 0.25) is 0 Å². The van der Waals surface area contributed by atoms with Gasteiger partial charge in [-0.1, -0.05) is 65.3 Å². The molecule has 0 amide bonds. The lowest BCUT2D eigenvalue weighted by atomic mass is 10.1. The molecule has 0 aliphatic heterocycles. The van der Waals surface area contributed by atoms with Crippen LogP contribution in [0.2, 0.25) is 0 Å². The van der Waals surface area contributed by atoms with Crippen LogP contribution in [0.3, 0.4) is 0 Å². The van der Waals surface area contributed by atoms with Gasteiger partial charge in [0.05, 0.1) is 28.8 Å². The van der Waals surface area contributed by atoms with Crippen molar-refractivity contribution in [1.29, 1.82) is 0 Å². The van der Waals surface area contributed by atoms with Crippen LogP contribution >= 0.6 is 11.8 Å². The molecule has 0 N–H and O–H groups in total. The fourth-order valence-corrected chi connectivity index (χ4v) is 6.91. The largest absolute Gasteiger partial charge is 0.462 e. The Hall–Kier alpha value is -3.83. The minimum absolute atomic E-state index is 0.0594. The van der Waals surface area contributed by atoms with Crippen LogP contribution in [0, 0.1) is 5.21 Å². The predicted octanol–water partition coefficient (Wildman–Crippen LogP) is 8.45. The van der Waals surface area contributed by atoms with Crippen LogP contribution in [-0.4, -0.2) is 38.5 Å². The van der Waals surface area contributed by atoms with Crippen molar-refractivity contribution in [3.05, 3.63) is 100 Å². The lowest BCUT2D eigenvalue weighted by molar-refractivity contribution is -0.832. The second kappa shape index (κ2) is 19.7. The molecule has 0 radical (unpaired) electrons. The molecule has 0 bridgehead atoms. The lowest BCUT2D eigenvalue weighted by Crippen LogP contribution is -2.30. The Morgan fingerprint density at radius 1 is 0.872 bits per heavy atom. The quantitative estimate of drug-likeness (QED) is 0.0380. The van der Waals surface area contributed by atoms with Crippen molar-refractivity contribution in [2.24, 2.45) is 0 Å². The lowest BCUT2D eigenvalue weighted by Gasteiger charge is -2.09. The molecule has 0 aliphatic rings. The van der Waals surface area contributed by atoms with E-state index in [1.165, 1.54) is 28.9 Å². The van der Waals surface area contributed by atoms with Crippen molar-refractivity contribution in [3.63, 3.8) is 0 Å². The zero-order valence-electron chi connectivity index (χ0n) is 27.8. The van der Waals surface area contributed by atoms with E-state index in [9.17, 15) is 18.4 Å². The highest BCUT2D eigenvalue weighted by Crippen LogP contribution is 2.26. The number of carbonyl (C=O) groups excluding carboxylic acids is 1. The summed E-state index contributed by atoms with van der Waals surface area (Å²) in [6.07, 6.45) is 13.9. The molecule has 0 saturated carbocycles. The third-order valence-corrected chi connectivity index (χ3v) is 9.99. The second-order valence-corrected chi connectivity index (χ2v) is 14.4. The summed E-state index contributed by atoms with van der Waals surface area (Å²) in [4.78, 5) is 13.5. The Labute approximate surface area is 283 Å². The van der Waals surface area contributed by atoms with Gasteiger partial charge in [0.15, 0.2) is 0 Å². The van der Waals surface area contributed by atoms with Crippen LogP contribution in [0.5, 0.6) is 5.88 Å². The molecular formula is C36H46N2O7S2. The molecule has 11 heteroatoms. The van der Waals surface area contributed by atoms with Gasteiger partial charge in [-0.05, 0) is 108 Å². The Morgan fingerprint density at radius 3 is 2.23 bits per heavy atom. The summed E-state index contributed by atoms with van der Waals surface area (Å²) in [6, 6.07) is 15.1. The van der Waals surface area contributed by atoms with Crippen molar-refractivity contribution < 1.29 is 32.2 Å². The molecule has 0 atom stereocenters. The number of allylic oxidation sites excluding steroid dienone is 5. The van der Waals surface area contributed by atoms with Crippen LogP contribution in [0.1, 0.15) is 89.4 Å². The van der Waals surface area contributed by atoms with Gasteiger partial charge in [-0.2, -0.15) is 0 Å². The van der Waals surface area contributed by atoms with Crippen molar-refractivity contribution in [3.8, 4) is 5.88 Å². The number of hydrogen-bond donors (Lipinski definition) is 0. The molecular weight excluding hydrogens is 637 g/mol. The van der Waals surface area contributed by atoms with Gasteiger partial charge in [-0.15, -0.1) is 11.8 Å². The van der Waals surface area contributed by atoms with Gasteiger partial charge in [-0.25, -0.2) is 13.2 Å². The van der Waals surface area contributed by atoms with Gasteiger partial charge in [-0.3, -0.25) is 4.63 Å². The molecule has 3 aromatic rings. The summed E-state index contributed by atoms with van der Waals surface area (Å²) >= 11 is 1.63. The van der Waals surface area contributed by atoms with Crippen molar-refractivity contribution in [2.75, 3.05) is 19.0 Å². The van der Waals surface area contributed by atoms with Gasteiger partial charge in [0.25, 0.3) is 9.84 Å². The smallest absolute Gasteiger partial charge is 0.414 e. The van der Waals surface area contributed by atoms with E-state index in [0.717, 1.165) is 49.2 Å². The average molecular weight is 683 g/mol. The van der Waals surface area contributed by atoms with Crippen molar-refractivity contribution in [2.45, 2.75) is 93.9 Å². The minimum atomic E-state index is -4.15. The average Bonchev–Trinajstić information content (AvgIpc) is 3.43. The minimum Gasteiger partial charge on any atom is -0.462 e. The summed E-state index contributed by atoms with van der Waals surface area (Å²) in [5.41, 5.74) is 4.70. The fraction of sp³-hybridized carbons (Fsp3) is 0.417. The molecule has 1 aromatic heterocycles. The number of nitrogens with zero attached hydrogens (tertiary/aromatic N) is 2. The van der Waals surface area contributed by atoms with E-state index in [1.807, 2.05) is 18.2 Å². The normalized spacial score (nSPS) is 12.2. The highest BCUT2D eigenvalue weighted by Gasteiger charge is 2.35. The highest BCUT2D eigenvalue weighted by molar-refractivity contribution is 7.99. The third kappa shape index (κ3) is 12.7. The topological polar surface area (TPSA) is 123 Å². The summed E-state index contributed by atoms with van der Waals surface area (Å²) in [5.74, 6) is 0.0769. The predicted molar refractivity (Wildman–Crippen MR) is 184 cm³/mol. The van der Waals surface area contributed by atoms with E-state index < -0.39 is 14.9 Å². The standard InChI is InChI=1S/C36H46N2O7S2/c1-28(2)16-14-17-29(3)18-15-19-30(4)24-27-46-33-23-11-10-22-32(33)36(39)44-26-13-6-5-12-25-43-34-35(38(40)45-37-34)47(41,42)31-20-8-7-9-21-31/h7-11,16,18,20-24H,5-6,12-15,17,19,25-27H2,1-4H3/b29-18+,30-24+. The highest BCUT2D eigenvalue weighted by atomic mass is 32.2. The van der Waals surface area contributed by atoms with Gasteiger partial charge < -0.3 is 14.7 Å². The maximum Gasteiger partial charge on any atom is 0.414 e. The van der Waals surface area contributed by atoms with Crippen LogP contribution < -0.4 is 9.64 Å². The molecule has 9 nitrogen and oxygen atoms in total. The Morgan fingerprint density at radius 2 is 1.51 bits per heavy atom. The molecule has 0 fully saturated rings. The molecule has 47 heavy (non-hydrogen) atoms. The summed E-state index contributed by atoms with van der Waals surface area (Å²) < 4.78 is 41.2. The first kappa shape index (κ1) is 37.6. The number of unbranched alkanes of at least 4 members (excludes halogenated alkanes) is 3. The monoisotopic (exact) mass is 682 g/mol. The third-order valence-electron chi connectivity index (χ3n) is 7.27. The molecule has 0 unspecified atom stereocenters. The first-order valence-electron chi connectivity index (χ1n) is 16.0. The molecule has 0 spiro atoms. The number of rotatable bonds is 20. The Kier molecular flexibility index (Phi) is 15.8. The van der Waals surface area contributed by atoms with Crippen LogP contribution in [-0.2, 0) is 14.6 Å². The van der Waals surface area contributed by atoms with Gasteiger partial charge >= 0.3 is 16.9 Å². The second-order valence-electron chi connectivity index (χ2n) is 11.5. The van der Waals surface area contributed by atoms with E-state index in [1.54, 1.807) is 36.0 Å². The Bertz CT molecular complexity index is 1620. The van der Waals surface area contributed by atoms with E-state index in [2.05, 4.69) is 55.7 Å². The molecule has 3 rings (SSSR count). The molecule has 1 heterocycles. The van der Waals surface area contributed by atoms with Gasteiger partial charge in [0.1, 0.15) is 0 Å². The number of thioether (sulfide) groups is 1. The van der Waals surface area contributed by atoms with Crippen LogP contribution in [0.25, 0.3) is 0 Å². The number of carbonyl (C=O) groups is 1. The maximum absolute atomic E-state index is 12.8. The number of aromatic nitrogens is 2. The number of sulfone groups is 1. The molecule has 254 valence electrons. The van der Waals surface area contributed by atoms with Crippen molar-refractivity contribution in [1.82, 2.24) is 5.16 Å².